The molecule has 0 amide bonds. The Kier molecular flexibility index (Phi) is 3.88. The highest BCUT2D eigenvalue weighted by Crippen LogP contribution is 2.16. The van der Waals surface area contributed by atoms with Gasteiger partial charge in [-0.2, -0.15) is 0 Å². The van der Waals surface area contributed by atoms with E-state index in [9.17, 15) is 5.11 Å². The Bertz CT molecular complexity index is 721. The zero-order valence-corrected chi connectivity index (χ0v) is 12.1. The lowest BCUT2D eigenvalue weighted by molar-refractivity contribution is 0.301. The lowest BCUT2D eigenvalue weighted by Gasteiger charge is -2.22. The molecule has 108 valence electrons. The van der Waals surface area contributed by atoms with Crippen molar-refractivity contribution in [3.8, 4) is 0 Å². The summed E-state index contributed by atoms with van der Waals surface area (Å²) < 4.78 is 2.05. The van der Waals surface area contributed by atoms with Gasteiger partial charge >= 0.3 is 0 Å². The summed E-state index contributed by atoms with van der Waals surface area (Å²) in [5.74, 6) is 0. The Hall–Kier alpha value is -2.33. The van der Waals surface area contributed by atoms with E-state index in [4.69, 9.17) is 0 Å². The highest BCUT2D eigenvalue weighted by atomic mass is 16.3. The average Bonchev–Trinajstić information content (AvgIpc) is 2.89. The van der Waals surface area contributed by atoms with Gasteiger partial charge in [0.25, 0.3) is 0 Å². The van der Waals surface area contributed by atoms with Crippen LogP contribution in [0.15, 0.2) is 54.9 Å². The van der Waals surface area contributed by atoms with E-state index >= 15 is 0 Å². The molecule has 0 saturated heterocycles. The molecule has 0 atom stereocenters. The van der Waals surface area contributed by atoms with Crippen LogP contribution in [0.5, 0.6) is 0 Å². The SMILES string of the molecule is Cc1ccc2nc(CN(CCO)c3ccccc3)cn2c1. The van der Waals surface area contributed by atoms with Crippen LogP contribution >= 0.6 is 0 Å². The first kappa shape index (κ1) is 13.6. The topological polar surface area (TPSA) is 40.8 Å². The van der Waals surface area contributed by atoms with Crippen molar-refractivity contribution in [1.82, 2.24) is 9.38 Å². The van der Waals surface area contributed by atoms with Gasteiger partial charge in [-0.05, 0) is 30.7 Å². The third-order valence-electron chi connectivity index (χ3n) is 3.49. The molecule has 4 nitrogen and oxygen atoms in total. The average molecular weight is 281 g/mol. The molecule has 0 unspecified atom stereocenters. The van der Waals surface area contributed by atoms with E-state index in [0.29, 0.717) is 13.1 Å². The lowest BCUT2D eigenvalue weighted by Crippen LogP contribution is -2.26. The second kappa shape index (κ2) is 5.97. The van der Waals surface area contributed by atoms with Gasteiger partial charge in [-0.15, -0.1) is 0 Å². The fraction of sp³-hybridized carbons (Fsp3) is 0.235. The number of pyridine rings is 1. The lowest BCUT2D eigenvalue weighted by atomic mass is 10.2. The van der Waals surface area contributed by atoms with E-state index in [1.54, 1.807) is 0 Å². The Morgan fingerprint density at radius 3 is 2.67 bits per heavy atom. The molecule has 0 aliphatic rings. The van der Waals surface area contributed by atoms with Crippen molar-refractivity contribution in [2.24, 2.45) is 0 Å². The van der Waals surface area contributed by atoms with Gasteiger partial charge in [0.2, 0.25) is 0 Å². The number of benzene rings is 1. The van der Waals surface area contributed by atoms with Crippen LogP contribution in [-0.4, -0.2) is 27.6 Å². The fourth-order valence-electron chi connectivity index (χ4n) is 2.49. The predicted molar refractivity (Wildman–Crippen MR) is 84.5 cm³/mol. The maximum Gasteiger partial charge on any atom is 0.137 e. The predicted octanol–water partition coefficient (Wildman–Crippen LogP) is 2.64. The number of aliphatic hydroxyl groups excluding tert-OH is 1. The first-order valence-electron chi connectivity index (χ1n) is 7.11. The maximum absolute atomic E-state index is 9.28. The number of para-hydroxylation sites is 1. The molecular weight excluding hydrogens is 262 g/mol. The number of aliphatic hydroxyl groups is 1. The van der Waals surface area contributed by atoms with Gasteiger partial charge in [0, 0.05) is 24.6 Å². The molecule has 0 aliphatic carbocycles. The van der Waals surface area contributed by atoms with Gasteiger partial charge in [-0.25, -0.2) is 4.98 Å². The van der Waals surface area contributed by atoms with Crippen molar-refractivity contribution in [2.45, 2.75) is 13.5 Å². The molecule has 2 heterocycles. The monoisotopic (exact) mass is 281 g/mol. The van der Waals surface area contributed by atoms with Crippen LogP contribution in [0.2, 0.25) is 0 Å². The minimum absolute atomic E-state index is 0.126. The molecule has 0 radical (unpaired) electrons. The summed E-state index contributed by atoms with van der Waals surface area (Å²) >= 11 is 0. The Morgan fingerprint density at radius 1 is 1.10 bits per heavy atom. The van der Waals surface area contributed by atoms with Gasteiger partial charge in [-0.1, -0.05) is 24.3 Å². The van der Waals surface area contributed by atoms with Gasteiger partial charge < -0.3 is 14.4 Å². The summed E-state index contributed by atoms with van der Waals surface area (Å²) in [5.41, 5.74) is 4.26. The summed E-state index contributed by atoms with van der Waals surface area (Å²) in [6.07, 6.45) is 4.13. The molecule has 3 aromatic rings. The van der Waals surface area contributed by atoms with E-state index in [1.807, 2.05) is 28.7 Å². The van der Waals surface area contributed by atoms with Crippen molar-refractivity contribution in [3.05, 3.63) is 66.1 Å². The summed E-state index contributed by atoms with van der Waals surface area (Å²) in [5, 5.41) is 9.28. The van der Waals surface area contributed by atoms with Crippen molar-refractivity contribution < 1.29 is 5.11 Å². The van der Waals surface area contributed by atoms with Crippen LogP contribution in [0.4, 0.5) is 5.69 Å². The minimum Gasteiger partial charge on any atom is -0.395 e. The molecule has 4 heteroatoms. The number of aryl methyl sites for hydroxylation is 1. The highest BCUT2D eigenvalue weighted by molar-refractivity contribution is 5.47. The normalized spacial score (nSPS) is 11.0. The molecule has 21 heavy (non-hydrogen) atoms. The maximum atomic E-state index is 9.28. The van der Waals surface area contributed by atoms with Crippen LogP contribution in [0.25, 0.3) is 5.65 Å². The molecule has 3 rings (SSSR count). The van der Waals surface area contributed by atoms with Gasteiger partial charge in [0.1, 0.15) is 5.65 Å². The molecule has 1 N–H and O–H groups in total. The van der Waals surface area contributed by atoms with Crippen LogP contribution in [-0.2, 0) is 6.54 Å². The van der Waals surface area contributed by atoms with E-state index < -0.39 is 0 Å². The first-order chi connectivity index (χ1) is 10.3. The number of hydrogen-bond donors (Lipinski definition) is 1. The number of fused-ring (bicyclic) bond motifs is 1. The minimum atomic E-state index is 0.126. The zero-order chi connectivity index (χ0) is 14.7. The van der Waals surface area contributed by atoms with Crippen molar-refractivity contribution in [1.29, 1.82) is 0 Å². The number of rotatable bonds is 5. The smallest absolute Gasteiger partial charge is 0.137 e. The molecule has 0 bridgehead atoms. The highest BCUT2D eigenvalue weighted by Gasteiger charge is 2.09. The summed E-state index contributed by atoms with van der Waals surface area (Å²) in [4.78, 5) is 6.77. The molecule has 0 spiro atoms. The number of nitrogens with zero attached hydrogens (tertiary/aromatic N) is 3. The molecular formula is C17H19N3O. The van der Waals surface area contributed by atoms with Gasteiger partial charge in [0.15, 0.2) is 0 Å². The third kappa shape index (κ3) is 3.06. The molecule has 1 aromatic carbocycles. The number of aromatic nitrogens is 2. The van der Waals surface area contributed by atoms with Crippen LogP contribution in [0, 0.1) is 6.92 Å². The van der Waals surface area contributed by atoms with Crippen LogP contribution in [0.3, 0.4) is 0 Å². The Labute approximate surface area is 124 Å². The second-order valence-electron chi connectivity index (χ2n) is 5.18. The third-order valence-corrected chi connectivity index (χ3v) is 3.49. The number of hydrogen-bond acceptors (Lipinski definition) is 3. The zero-order valence-electron chi connectivity index (χ0n) is 12.1. The van der Waals surface area contributed by atoms with E-state index in [1.165, 1.54) is 5.56 Å². The van der Waals surface area contributed by atoms with Crippen LogP contribution in [0.1, 0.15) is 11.3 Å². The van der Waals surface area contributed by atoms with Crippen LogP contribution < -0.4 is 4.90 Å². The summed E-state index contributed by atoms with van der Waals surface area (Å²) in [7, 11) is 0. The Balaban J connectivity index is 1.87. The fourth-order valence-corrected chi connectivity index (χ4v) is 2.49. The Morgan fingerprint density at radius 2 is 1.90 bits per heavy atom. The summed E-state index contributed by atoms with van der Waals surface area (Å²) in [6, 6.07) is 14.2. The summed E-state index contributed by atoms with van der Waals surface area (Å²) in [6.45, 7) is 3.48. The molecule has 0 saturated carbocycles. The number of imidazole rings is 1. The van der Waals surface area contributed by atoms with Crippen molar-refractivity contribution >= 4 is 11.3 Å². The molecule has 0 fully saturated rings. The van der Waals surface area contributed by atoms with Gasteiger partial charge in [0.05, 0.1) is 18.8 Å². The standard InChI is InChI=1S/C17H19N3O/c1-14-7-8-17-18-15(13-20(17)11-14)12-19(9-10-21)16-5-3-2-4-6-16/h2-8,11,13,21H,9-10,12H2,1H3. The second-order valence-corrected chi connectivity index (χ2v) is 5.18. The van der Waals surface area contributed by atoms with Crippen molar-refractivity contribution in [3.63, 3.8) is 0 Å². The van der Waals surface area contributed by atoms with Gasteiger partial charge in [-0.3, -0.25) is 0 Å². The molecule has 0 aliphatic heterocycles. The van der Waals surface area contributed by atoms with E-state index in [2.05, 4.69) is 47.4 Å². The first-order valence-corrected chi connectivity index (χ1v) is 7.11. The van der Waals surface area contributed by atoms with E-state index in [0.717, 1.165) is 17.0 Å². The van der Waals surface area contributed by atoms with E-state index in [-0.39, 0.29) is 6.61 Å². The quantitative estimate of drug-likeness (QED) is 0.781. The number of anilines is 1. The largest absolute Gasteiger partial charge is 0.395 e. The van der Waals surface area contributed by atoms with Crippen molar-refractivity contribution in [2.75, 3.05) is 18.1 Å². The molecule has 2 aromatic heterocycles.